The van der Waals surface area contributed by atoms with Gasteiger partial charge in [0.1, 0.15) is 11.6 Å². The fourth-order valence-corrected chi connectivity index (χ4v) is 5.75. The molecule has 0 aliphatic carbocycles. The summed E-state index contributed by atoms with van der Waals surface area (Å²) in [7, 11) is 1.61. The number of carbonyl (C=O) groups is 1. The molecule has 2 saturated heterocycles. The highest BCUT2D eigenvalue weighted by molar-refractivity contribution is 6.02. The number of likely N-dealkylation sites (tertiary alicyclic amines) is 1. The van der Waals surface area contributed by atoms with Crippen molar-refractivity contribution in [3.05, 3.63) is 65.5 Å². The first-order valence-electron chi connectivity index (χ1n) is 12.9. The Morgan fingerprint density at radius 2 is 1.92 bits per heavy atom. The first-order valence-corrected chi connectivity index (χ1v) is 12.9. The summed E-state index contributed by atoms with van der Waals surface area (Å²) >= 11 is 0. The normalized spacial score (nSPS) is 19.9. The predicted molar refractivity (Wildman–Crippen MR) is 142 cm³/mol. The topological polar surface area (TPSA) is 86.8 Å². The predicted octanol–water partition coefficient (Wildman–Crippen LogP) is 4.92. The summed E-state index contributed by atoms with van der Waals surface area (Å²) in [4.78, 5) is 23.0. The molecule has 8 heteroatoms. The molecule has 0 bridgehead atoms. The lowest BCUT2D eigenvalue weighted by atomic mass is 9.97. The molecule has 2 unspecified atom stereocenters. The molecule has 2 aliphatic heterocycles. The van der Waals surface area contributed by atoms with E-state index in [1.54, 1.807) is 7.11 Å². The number of ether oxygens (including phenoxy) is 1. The van der Waals surface area contributed by atoms with Crippen molar-refractivity contribution in [1.29, 1.82) is 5.26 Å². The molecule has 188 valence electrons. The van der Waals surface area contributed by atoms with Crippen LogP contribution in [0.1, 0.15) is 53.3 Å². The Kier molecular flexibility index (Phi) is 5.91. The first kappa shape index (κ1) is 23.3. The molecule has 2 aliphatic rings. The van der Waals surface area contributed by atoms with Crippen LogP contribution in [0.3, 0.4) is 0 Å². The van der Waals surface area contributed by atoms with Gasteiger partial charge >= 0.3 is 0 Å². The van der Waals surface area contributed by atoms with Crippen molar-refractivity contribution in [2.45, 2.75) is 38.6 Å². The molecule has 0 radical (unpaired) electrons. The highest BCUT2D eigenvalue weighted by atomic mass is 16.5. The summed E-state index contributed by atoms with van der Waals surface area (Å²) in [6.07, 6.45) is 5.72. The van der Waals surface area contributed by atoms with Crippen molar-refractivity contribution in [2.24, 2.45) is 5.92 Å². The van der Waals surface area contributed by atoms with Gasteiger partial charge in [0.2, 0.25) is 0 Å². The van der Waals surface area contributed by atoms with Crippen LogP contribution in [0.2, 0.25) is 0 Å². The van der Waals surface area contributed by atoms with Crippen LogP contribution in [0.5, 0.6) is 5.75 Å². The number of amides is 1. The van der Waals surface area contributed by atoms with Gasteiger partial charge in [-0.1, -0.05) is 24.3 Å². The van der Waals surface area contributed by atoms with E-state index in [0.29, 0.717) is 24.4 Å². The van der Waals surface area contributed by atoms with Gasteiger partial charge in [-0.05, 0) is 55.5 Å². The van der Waals surface area contributed by atoms with Crippen molar-refractivity contribution < 1.29 is 9.53 Å². The maximum absolute atomic E-state index is 13.9. The Hall–Kier alpha value is -4.12. The molecule has 2 aromatic carbocycles. The third kappa shape index (κ3) is 4.14. The van der Waals surface area contributed by atoms with E-state index in [1.165, 1.54) is 0 Å². The van der Waals surface area contributed by atoms with Gasteiger partial charge in [-0.15, -0.1) is 0 Å². The number of fused-ring (bicyclic) bond motifs is 2. The molecule has 8 nitrogen and oxygen atoms in total. The second-order valence-corrected chi connectivity index (χ2v) is 10.1. The highest BCUT2D eigenvalue weighted by Crippen LogP contribution is 2.35. The van der Waals surface area contributed by atoms with Crippen LogP contribution in [-0.2, 0) is 0 Å². The van der Waals surface area contributed by atoms with Gasteiger partial charge in [0.05, 0.1) is 36.4 Å². The highest BCUT2D eigenvalue weighted by Gasteiger charge is 2.32. The van der Waals surface area contributed by atoms with E-state index in [9.17, 15) is 10.1 Å². The molecule has 4 aromatic rings. The fraction of sp³-hybridized carbons (Fsp3) is 0.379. The number of aryl methyl sites for hydroxylation is 1. The average molecular weight is 495 g/mol. The number of piperidine rings is 1. The monoisotopic (exact) mass is 494 g/mol. The van der Waals surface area contributed by atoms with Crippen LogP contribution in [-0.4, -0.2) is 52.1 Å². The summed E-state index contributed by atoms with van der Waals surface area (Å²) in [5.74, 6) is 1.51. The quantitative estimate of drug-likeness (QED) is 0.400. The Balaban J connectivity index is 1.34. The van der Waals surface area contributed by atoms with Crippen LogP contribution in [0.25, 0.3) is 16.4 Å². The molecule has 0 N–H and O–H groups in total. The maximum Gasteiger partial charge on any atom is 0.258 e. The van der Waals surface area contributed by atoms with E-state index in [0.717, 1.165) is 65.7 Å². The second-order valence-electron chi connectivity index (χ2n) is 10.1. The van der Waals surface area contributed by atoms with Gasteiger partial charge in [-0.2, -0.15) is 10.4 Å². The minimum Gasteiger partial charge on any atom is -0.496 e. The van der Waals surface area contributed by atoms with E-state index < -0.39 is 0 Å². The molecule has 6 rings (SSSR count). The Morgan fingerprint density at radius 3 is 2.68 bits per heavy atom. The van der Waals surface area contributed by atoms with Crippen LogP contribution < -0.4 is 9.64 Å². The number of hydrogen-bond acceptors (Lipinski definition) is 6. The Morgan fingerprint density at radius 1 is 1.11 bits per heavy atom. The van der Waals surface area contributed by atoms with Gasteiger partial charge in [0, 0.05) is 37.5 Å². The second kappa shape index (κ2) is 9.40. The van der Waals surface area contributed by atoms with E-state index >= 15 is 0 Å². The number of methoxy groups -OCH3 is 1. The molecule has 0 spiro atoms. The van der Waals surface area contributed by atoms with Crippen LogP contribution in [0, 0.1) is 24.2 Å². The lowest BCUT2D eigenvalue weighted by Crippen LogP contribution is -2.38. The van der Waals surface area contributed by atoms with E-state index in [1.807, 2.05) is 65.0 Å². The smallest absolute Gasteiger partial charge is 0.258 e. The number of hydrogen-bond donors (Lipinski definition) is 0. The fourth-order valence-electron chi connectivity index (χ4n) is 5.75. The first-order chi connectivity index (χ1) is 18.1. The minimum absolute atomic E-state index is 0.0335. The van der Waals surface area contributed by atoms with Crippen molar-refractivity contribution >= 4 is 28.1 Å². The van der Waals surface area contributed by atoms with Gasteiger partial charge in [-0.25, -0.2) is 9.50 Å². The zero-order valence-electron chi connectivity index (χ0n) is 21.2. The molecule has 4 heterocycles. The van der Waals surface area contributed by atoms with Gasteiger partial charge in [0.15, 0.2) is 5.65 Å². The van der Waals surface area contributed by atoms with E-state index in [-0.39, 0.29) is 17.9 Å². The molecule has 2 aromatic heterocycles. The summed E-state index contributed by atoms with van der Waals surface area (Å²) in [5, 5.41) is 16.2. The number of benzene rings is 2. The summed E-state index contributed by atoms with van der Waals surface area (Å²) in [6, 6.07) is 16.2. The molecule has 2 atom stereocenters. The molecule has 2 fully saturated rings. The molecule has 37 heavy (non-hydrogen) atoms. The van der Waals surface area contributed by atoms with Crippen LogP contribution in [0.15, 0.2) is 48.7 Å². The van der Waals surface area contributed by atoms with Crippen LogP contribution in [0.4, 0.5) is 5.82 Å². The SMILES string of the molecule is COc1cc2ccccc2cc1C(=O)N1CCCCC1c1cc2nc(N3CCC(C#N)C3)c(C)cn2n1. The van der Waals surface area contributed by atoms with Crippen molar-refractivity contribution in [3.63, 3.8) is 0 Å². The molecule has 1 amide bonds. The third-order valence-corrected chi connectivity index (χ3v) is 7.70. The zero-order chi connectivity index (χ0) is 25.5. The number of carbonyl (C=O) groups excluding carboxylic acids is 1. The Bertz CT molecular complexity index is 1540. The minimum atomic E-state index is -0.127. The van der Waals surface area contributed by atoms with Gasteiger partial charge < -0.3 is 14.5 Å². The molecular weight excluding hydrogens is 464 g/mol. The maximum atomic E-state index is 13.9. The molecule has 0 saturated carbocycles. The standard InChI is InChI=1S/C29H30N6O2/c1-19-17-35-27(31-28(19)33-12-10-20(16-30)18-33)15-24(32-35)25-9-5-6-11-34(25)29(36)23-13-21-7-3-4-8-22(21)14-26(23)37-2/h3-4,7-8,13-15,17,20,25H,5-6,9-12,18H2,1-2H3. The number of anilines is 1. The summed E-state index contributed by atoms with van der Waals surface area (Å²) in [6.45, 7) is 4.25. The van der Waals surface area contributed by atoms with Gasteiger partial charge in [-0.3, -0.25) is 4.79 Å². The largest absolute Gasteiger partial charge is 0.496 e. The molecular formula is C29H30N6O2. The van der Waals surface area contributed by atoms with E-state index in [4.69, 9.17) is 14.8 Å². The number of nitriles is 1. The van der Waals surface area contributed by atoms with Gasteiger partial charge in [0.25, 0.3) is 5.91 Å². The van der Waals surface area contributed by atoms with Crippen LogP contribution >= 0.6 is 0 Å². The lowest BCUT2D eigenvalue weighted by molar-refractivity contribution is 0.0602. The lowest BCUT2D eigenvalue weighted by Gasteiger charge is -2.35. The Labute approximate surface area is 216 Å². The third-order valence-electron chi connectivity index (χ3n) is 7.70. The average Bonchev–Trinajstić information content (AvgIpc) is 3.58. The van der Waals surface area contributed by atoms with Crippen molar-refractivity contribution in [2.75, 3.05) is 31.6 Å². The number of nitrogens with zero attached hydrogens (tertiary/aromatic N) is 6. The van der Waals surface area contributed by atoms with Crippen molar-refractivity contribution in [3.8, 4) is 11.8 Å². The van der Waals surface area contributed by atoms with Crippen molar-refractivity contribution in [1.82, 2.24) is 19.5 Å². The summed E-state index contributed by atoms with van der Waals surface area (Å²) in [5.41, 5.74) is 3.22. The van der Waals surface area contributed by atoms with E-state index in [2.05, 4.69) is 11.0 Å². The summed E-state index contributed by atoms with van der Waals surface area (Å²) < 4.78 is 7.46. The number of rotatable bonds is 4. The number of aromatic nitrogens is 3. The zero-order valence-corrected chi connectivity index (χ0v) is 21.2.